The van der Waals surface area contributed by atoms with Gasteiger partial charge in [-0.1, -0.05) is 18.2 Å². The molecule has 1 aromatic heterocycles. The van der Waals surface area contributed by atoms with Gasteiger partial charge in [-0.2, -0.15) is 0 Å². The predicted octanol–water partition coefficient (Wildman–Crippen LogP) is 2.37. The highest BCUT2D eigenvalue weighted by atomic mass is 32.1. The molecule has 0 aliphatic carbocycles. The number of ether oxygens (including phenoxy) is 2. The summed E-state index contributed by atoms with van der Waals surface area (Å²) in [5, 5.41) is 0.843. The van der Waals surface area contributed by atoms with Gasteiger partial charge < -0.3 is 14.4 Å². The van der Waals surface area contributed by atoms with Crippen LogP contribution < -0.4 is 4.74 Å². The lowest BCUT2D eigenvalue weighted by Crippen LogP contribution is -2.38. The summed E-state index contributed by atoms with van der Waals surface area (Å²) < 4.78 is 10.7. The van der Waals surface area contributed by atoms with Crippen molar-refractivity contribution in [2.75, 3.05) is 26.8 Å². The van der Waals surface area contributed by atoms with Crippen LogP contribution in [0.1, 0.15) is 20.4 Å². The molecule has 0 unspecified atom stereocenters. The second-order valence-electron chi connectivity index (χ2n) is 5.02. The van der Waals surface area contributed by atoms with Crippen molar-refractivity contribution < 1.29 is 14.3 Å². The molecule has 0 fully saturated rings. The fourth-order valence-electron chi connectivity index (χ4n) is 2.36. The van der Waals surface area contributed by atoms with E-state index in [2.05, 4.69) is 4.98 Å². The van der Waals surface area contributed by atoms with Crippen molar-refractivity contribution in [3.63, 3.8) is 0 Å². The number of nitrogens with zero attached hydrogens (tertiary/aromatic N) is 2. The Kier molecular flexibility index (Phi) is 4.70. The van der Waals surface area contributed by atoms with Crippen molar-refractivity contribution >= 4 is 17.2 Å². The lowest BCUT2D eigenvalue weighted by Gasteiger charge is -2.25. The largest absolute Gasteiger partial charge is 0.486 e. The van der Waals surface area contributed by atoms with Crippen molar-refractivity contribution in [2.45, 2.75) is 13.0 Å². The molecule has 0 bridgehead atoms. The van der Waals surface area contributed by atoms with E-state index in [1.165, 1.54) is 11.3 Å². The van der Waals surface area contributed by atoms with E-state index in [1.54, 1.807) is 7.11 Å². The molecule has 6 heteroatoms. The first kappa shape index (κ1) is 15.0. The van der Waals surface area contributed by atoms with Gasteiger partial charge in [0.1, 0.15) is 22.2 Å². The van der Waals surface area contributed by atoms with Gasteiger partial charge in [0, 0.05) is 26.6 Å². The Morgan fingerprint density at radius 2 is 2.14 bits per heavy atom. The number of fused-ring (bicyclic) bond motifs is 1. The van der Waals surface area contributed by atoms with Crippen molar-refractivity contribution in [3.8, 4) is 5.75 Å². The van der Waals surface area contributed by atoms with Crippen molar-refractivity contribution in [1.29, 1.82) is 0 Å². The van der Waals surface area contributed by atoms with Crippen LogP contribution in [0.3, 0.4) is 0 Å². The molecular weight excluding hydrogens is 300 g/mol. The first-order chi connectivity index (χ1) is 10.8. The number of benzene rings is 1. The third-order valence-electron chi connectivity index (χ3n) is 3.51. The molecule has 1 aliphatic heterocycles. The minimum Gasteiger partial charge on any atom is -0.486 e. The van der Waals surface area contributed by atoms with Crippen LogP contribution in [0.15, 0.2) is 30.3 Å². The molecule has 0 radical (unpaired) electrons. The number of carbonyl (C=O) groups is 1. The summed E-state index contributed by atoms with van der Waals surface area (Å²) in [5.41, 5.74) is 0.898. The van der Waals surface area contributed by atoms with Gasteiger partial charge in [-0.15, -0.1) is 11.3 Å². The summed E-state index contributed by atoms with van der Waals surface area (Å²) in [5.74, 6) is 0.866. The number of methoxy groups -OCH3 is 1. The molecular formula is C16H18N2O3S. The number of hydrogen-bond donors (Lipinski definition) is 0. The van der Waals surface area contributed by atoms with Gasteiger partial charge in [-0.05, 0) is 12.1 Å². The summed E-state index contributed by atoms with van der Waals surface area (Å²) >= 11 is 1.43. The van der Waals surface area contributed by atoms with Crippen LogP contribution in [-0.4, -0.2) is 42.6 Å². The molecule has 0 atom stereocenters. The van der Waals surface area contributed by atoms with Crippen LogP contribution in [-0.2, 0) is 17.8 Å². The number of hydrogen-bond acceptors (Lipinski definition) is 5. The van der Waals surface area contributed by atoms with Crippen molar-refractivity contribution in [3.05, 3.63) is 45.9 Å². The molecule has 116 valence electrons. The van der Waals surface area contributed by atoms with Gasteiger partial charge in [0.2, 0.25) is 0 Å². The van der Waals surface area contributed by atoms with Crippen LogP contribution in [0, 0.1) is 0 Å². The Morgan fingerprint density at radius 3 is 2.91 bits per heavy atom. The Labute approximate surface area is 133 Å². The first-order valence-electron chi connectivity index (χ1n) is 7.22. The number of para-hydroxylation sites is 1. The highest BCUT2D eigenvalue weighted by Gasteiger charge is 2.28. The van der Waals surface area contributed by atoms with E-state index in [0.717, 1.165) is 27.7 Å². The van der Waals surface area contributed by atoms with E-state index in [9.17, 15) is 4.79 Å². The highest BCUT2D eigenvalue weighted by molar-refractivity contribution is 7.13. The predicted molar refractivity (Wildman–Crippen MR) is 84.4 cm³/mol. The number of rotatable bonds is 6. The zero-order chi connectivity index (χ0) is 15.4. The third-order valence-corrected chi connectivity index (χ3v) is 4.57. The number of amides is 1. The summed E-state index contributed by atoms with van der Waals surface area (Å²) in [7, 11) is 1.64. The van der Waals surface area contributed by atoms with Gasteiger partial charge in [-0.3, -0.25) is 4.79 Å². The molecule has 0 spiro atoms. The second kappa shape index (κ2) is 6.89. The van der Waals surface area contributed by atoms with E-state index in [4.69, 9.17) is 9.47 Å². The lowest BCUT2D eigenvalue weighted by atomic mass is 10.1. The van der Waals surface area contributed by atoms with E-state index in [1.807, 2.05) is 35.2 Å². The maximum Gasteiger partial charge on any atom is 0.265 e. The fourth-order valence-corrected chi connectivity index (χ4v) is 3.35. The maximum atomic E-state index is 12.4. The number of aromatic nitrogens is 1. The zero-order valence-electron chi connectivity index (χ0n) is 12.4. The lowest BCUT2D eigenvalue weighted by molar-refractivity contribution is 0.0683. The number of carbonyl (C=O) groups excluding carboxylic acids is 1. The average Bonchev–Trinajstić information content (AvgIpc) is 2.97. The van der Waals surface area contributed by atoms with Crippen LogP contribution in [0.2, 0.25) is 0 Å². The SMILES string of the molecule is COCCN1CCc2nc(COc3ccccc3)sc2C1=O. The van der Waals surface area contributed by atoms with Gasteiger partial charge in [-0.25, -0.2) is 4.98 Å². The Morgan fingerprint density at radius 1 is 1.32 bits per heavy atom. The zero-order valence-corrected chi connectivity index (χ0v) is 13.3. The van der Waals surface area contributed by atoms with Gasteiger partial charge >= 0.3 is 0 Å². The van der Waals surface area contributed by atoms with Gasteiger partial charge in [0.05, 0.1) is 12.3 Å². The van der Waals surface area contributed by atoms with Gasteiger partial charge in [0.15, 0.2) is 0 Å². The summed E-state index contributed by atoms with van der Waals surface area (Å²) in [6, 6.07) is 9.62. The molecule has 5 nitrogen and oxygen atoms in total. The molecule has 2 aromatic rings. The van der Waals surface area contributed by atoms with Gasteiger partial charge in [0.25, 0.3) is 5.91 Å². The minimum absolute atomic E-state index is 0.0572. The maximum absolute atomic E-state index is 12.4. The Bertz CT molecular complexity index is 642. The van der Waals surface area contributed by atoms with E-state index >= 15 is 0 Å². The molecule has 2 heterocycles. The van der Waals surface area contributed by atoms with E-state index < -0.39 is 0 Å². The van der Waals surface area contributed by atoms with Crippen molar-refractivity contribution in [2.24, 2.45) is 0 Å². The molecule has 0 saturated carbocycles. The van der Waals surface area contributed by atoms with E-state index in [0.29, 0.717) is 26.3 Å². The molecule has 1 aliphatic rings. The second-order valence-corrected chi connectivity index (χ2v) is 6.10. The van der Waals surface area contributed by atoms with Crippen LogP contribution in [0.25, 0.3) is 0 Å². The quantitative estimate of drug-likeness (QED) is 0.820. The normalized spacial score (nSPS) is 14.0. The molecule has 1 aromatic carbocycles. The molecule has 0 N–H and O–H groups in total. The van der Waals surface area contributed by atoms with Crippen molar-refractivity contribution in [1.82, 2.24) is 9.88 Å². The molecule has 3 rings (SSSR count). The smallest absolute Gasteiger partial charge is 0.265 e. The van der Waals surface area contributed by atoms with Crippen LogP contribution in [0.5, 0.6) is 5.75 Å². The standard InChI is InChI=1S/C16H18N2O3S/c1-20-10-9-18-8-7-13-15(16(18)19)22-14(17-13)11-21-12-5-3-2-4-6-12/h2-6H,7-11H2,1H3. The molecule has 1 amide bonds. The third kappa shape index (κ3) is 3.28. The Hall–Kier alpha value is -1.92. The van der Waals surface area contributed by atoms with Crippen LogP contribution >= 0.6 is 11.3 Å². The topological polar surface area (TPSA) is 51.7 Å². The molecule has 22 heavy (non-hydrogen) atoms. The Balaban J connectivity index is 1.66. The first-order valence-corrected chi connectivity index (χ1v) is 8.04. The number of thiazole rings is 1. The monoisotopic (exact) mass is 318 g/mol. The fraction of sp³-hybridized carbons (Fsp3) is 0.375. The summed E-state index contributed by atoms with van der Waals surface area (Å²) in [6.07, 6.45) is 0.798. The average molecular weight is 318 g/mol. The summed E-state index contributed by atoms with van der Waals surface area (Å²) in [6.45, 7) is 2.29. The molecule has 0 saturated heterocycles. The minimum atomic E-state index is 0.0572. The van der Waals surface area contributed by atoms with Crippen LogP contribution in [0.4, 0.5) is 0 Å². The highest BCUT2D eigenvalue weighted by Crippen LogP contribution is 2.26. The summed E-state index contributed by atoms with van der Waals surface area (Å²) in [4.78, 5) is 19.5. The van der Waals surface area contributed by atoms with E-state index in [-0.39, 0.29) is 5.91 Å².